The van der Waals surface area contributed by atoms with Crippen molar-refractivity contribution in [2.45, 2.75) is 44.7 Å². The van der Waals surface area contributed by atoms with E-state index < -0.39 is 23.0 Å². The van der Waals surface area contributed by atoms with Gasteiger partial charge in [-0.3, -0.25) is 9.36 Å². The largest absolute Gasteiger partial charge is 0.480 e. The van der Waals surface area contributed by atoms with Gasteiger partial charge in [-0.25, -0.2) is 9.78 Å². The molecule has 0 saturated carbocycles. The molecule has 0 aromatic carbocycles. The van der Waals surface area contributed by atoms with Crippen LogP contribution in [0.1, 0.15) is 38.9 Å². The number of hydrogen-bond donors (Lipinski definition) is 2. The Bertz CT molecular complexity index is 656. The summed E-state index contributed by atoms with van der Waals surface area (Å²) < 4.78 is 6.25. The maximum absolute atomic E-state index is 12.6. The summed E-state index contributed by atoms with van der Waals surface area (Å²) in [5.74, 6) is -1.01. The van der Waals surface area contributed by atoms with Gasteiger partial charge in [0.15, 0.2) is 11.0 Å². The first-order chi connectivity index (χ1) is 10.2. The maximum atomic E-state index is 12.6. The average Bonchev–Trinajstić information content (AvgIpc) is 2.68. The number of hydrogen-bond acceptors (Lipinski definition) is 5. The van der Waals surface area contributed by atoms with E-state index in [2.05, 4.69) is 10.3 Å². The fourth-order valence-corrected chi connectivity index (χ4v) is 3.34. The Morgan fingerprint density at radius 3 is 2.82 bits per heavy atom. The summed E-state index contributed by atoms with van der Waals surface area (Å²) in [4.78, 5) is 28.2. The molecular weight excluding hydrogens is 310 g/mol. The van der Waals surface area contributed by atoms with Crippen molar-refractivity contribution in [1.29, 1.82) is 0 Å². The second-order valence-electron chi connectivity index (χ2n) is 6.22. The fraction of sp³-hybridized carbons (Fsp3) is 0.643. The highest BCUT2D eigenvalue weighted by atomic mass is 35.5. The monoisotopic (exact) mass is 329 g/mol. The molecule has 1 unspecified atom stereocenters. The van der Waals surface area contributed by atoms with Gasteiger partial charge < -0.3 is 15.2 Å². The predicted molar refractivity (Wildman–Crippen MR) is 82.8 cm³/mol. The lowest BCUT2D eigenvalue weighted by molar-refractivity contribution is -0.140. The van der Waals surface area contributed by atoms with E-state index in [4.69, 9.17) is 16.3 Å². The third-order valence-electron chi connectivity index (χ3n) is 3.81. The van der Waals surface area contributed by atoms with Crippen molar-refractivity contribution in [2.75, 3.05) is 19.0 Å². The van der Waals surface area contributed by atoms with Gasteiger partial charge in [0.1, 0.15) is 6.04 Å². The summed E-state index contributed by atoms with van der Waals surface area (Å²) in [6.07, 6.45) is 0.302. The zero-order valence-electron chi connectivity index (χ0n) is 13.0. The van der Waals surface area contributed by atoms with E-state index in [0.717, 1.165) is 0 Å². The molecule has 2 rings (SSSR count). The average molecular weight is 330 g/mol. The van der Waals surface area contributed by atoms with E-state index in [1.54, 1.807) is 7.11 Å². The van der Waals surface area contributed by atoms with Gasteiger partial charge >= 0.3 is 5.97 Å². The number of carboxylic acids is 1. The number of methoxy groups -OCH3 is 1. The van der Waals surface area contributed by atoms with Gasteiger partial charge in [-0.05, 0) is 13.3 Å². The van der Waals surface area contributed by atoms with Crippen molar-refractivity contribution < 1.29 is 14.6 Å². The molecule has 2 N–H and O–H groups in total. The smallest absolute Gasteiger partial charge is 0.326 e. The zero-order valence-corrected chi connectivity index (χ0v) is 13.8. The van der Waals surface area contributed by atoms with Crippen molar-refractivity contribution in [3.8, 4) is 0 Å². The van der Waals surface area contributed by atoms with Gasteiger partial charge in [0, 0.05) is 18.6 Å². The summed E-state index contributed by atoms with van der Waals surface area (Å²) in [7, 11) is 1.55. The number of carbonyl (C=O) groups is 1. The first-order valence-corrected chi connectivity index (χ1v) is 7.37. The van der Waals surface area contributed by atoms with Crippen LogP contribution in [-0.4, -0.2) is 40.4 Å². The van der Waals surface area contributed by atoms with Crippen molar-refractivity contribution in [3.05, 3.63) is 21.2 Å². The molecule has 2 heterocycles. The number of fused-ring (bicyclic) bond motifs is 1. The van der Waals surface area contributed by atoms with Crippen molar-refractivity contribution in [3.63, 3.8) is 0 Å². The van der Waals surface area contributed by atoms with Gasteiger partial charge in [-0.1, -0.05) is 25.4 Å². The van der Waals surface area contributed by atoms with Gasteiger partial charge in [-0.2, -0.15) is 0 Å². The van der Waals surface area contributed by atoms with Gasteiger partial charge in [0.05, 0.1) is 12.3 Å². The molecule has 1 aromatic rings. The molecule has 0 aliphatic carbocycles. The molecule has 0 spiro atoms. The second-order valence-corrected chi connectivity index (χ2v) is 6.58. The van der Waals surface area contributed by atoms with E-state index in [1.165, 1.54) is 4.57 Å². The lowest BCUT2D eigenvalue weighted by Gasteiger charge is -2.20. The van der Waals surface area contributed by atoms with Gasteiger partial charge in [-0.15, -0.1) is 0 Å². The number of anilines is 1. The van der Waals surface area contributed by atoms with Crippen LogP contribution in [0.15, 0.2) is 4.79 Å². The summed E-state index contributed by atoms with van der Waals surface area (Å²) in [6, 6.07) is -1.09. The molecule has 2 atom stereocenters. The molecule has 0 radical (unpaired) electrons. The van der Waals surface area contributed by atoms with Gasteiger partial charge in [0.25, 0.3) is 5.56 Å². The van der Waals surface area contributed by atoms with Crippen LogP contribution >= 0.6 is 11.6 Å². The lowest BCUT2D eigenvalue weighted by Crippen LogP contribution is -2.34. The Balaban J connectivity index is 2.56. The molecule has 0 bridgehead atoms. The van der Waals surface area contributed by atoms with Gasteiger partial charge in [0.2, 0.25) is 0 Å². The highest BCUT2D eigenvalue weighted by molar-refractivity contribution is 6.30. The van der Waals surface area contributed by atoms with E-state index in [9.17, 15) is 14.7 Å². The maximum Gasteiger partial charge on any atom is 0.326 e. The van der Waals surface area contributed by atoms with Crippen molar-refractivity contribution >= 4 is 23.4 Å². The molecular formula is C14H20ClN3O4. The summed E-state index contributed by atoms with van der Waals surface area (Å²) in [6.45, 7) is 5.92. The van der Waals surface area contributed by atoms with Crippen LogP contribution in [0.4, 0.5) is 5.82 Å². The highest BCUT2D eigenvalue weighted by Crippen LogP contribution is 2.42. The number of ether oxygens (including phenoxy) is 1. The van der Waals surface area contributed by atoms with E-state index >= 15 is 0 Å². The number of nitrogens with zero attached hydrogens (tertiary/aromatic N) is 2. The van der Waals surface area contributed by atoms with Crippen molar-refractivity contribution in [2.24, 2.45) is 0 Å². The molecule has 122 valence electrons. The topological polar surface area (TPSA) is 93.5 Å². The first kappa shape index (κ1) is 16.8. The Morgan fingerprint density at radius 2 is 2.27 bits per heavy atom. The zero-order chi connectivity index (χ0) is 16.7. The molecule has 8 heteroatoms. The van der Waals surface area contributed by atoms with E-state index in [-0.39, 0.29) is 17.0 Å². The highest BCUT2D eigenvalue weighted by Gasteiger charge is 2.44. The number of carboxylic acid groups (broad SMARTS) is 1. The summed E-state index contributed by atoms with van der Waals surface area (Å²) >= 11 is 6.23. The number of nitrogens with one attached hydrogen (secondary N) is 1. The third-order valence-corrected chi connectivity index (χ3v) is 4.07. The number of aromatic nitrogens is 2. The van der Waals surface area contributed by atoms with Crippen LogP contribution in [-0.2, 0) is 14.9 Å². The molecule has 1 aliphatic rings. The lowest BCUT2D eigenvalue weighted by atomic mass is 9.87. The van der Waals surface area contributed by atoms with E-state index in [1.807, 2.05) is 20.8 Å². The van der Waals surface area contributed by atoms with Crippen molar-refractivity contribution in [1.82, 2.24) is 9.55 Å². The minimum atomic E-state index is -1.05. The van der Waals surface area contributed by atoms with Crippen LogP contribution < -0.4 is 10.9 Å². The minimum Gasteiger partial charge on any atom is -0.480 e. The Labute approximate surface area is 133 Å². The van der Waals surface area contributed by atoms with Crippen LogP contribution in [0, 0.1) is 0 Å². The van der Waals surface area contributed by atoms with Crippen LogP contribution in [0.2, 0.25) is 5.15 Å². The Hall–Kier alpha value is -1.60. The van der Waals surface area contributed by atoms with E-state index in [0.29, 0.717) is 18.7 Å². The quantitative estimate of drug-likeness (QED) is 0.853. The Kier molecular flexibility index (Phi) is 4.49. The standard InChI is InChI=1S/C14H20ClN3O4/c1-7(6-22-4)16-11-12(19)18-8(13(20)21)5-14(2,3)9(18)10(15)17-11/h7-8H,5-6H2,1-4H3,(H,16,17)(H,20,21)/t7?,8-/m0/s1. The van der Waals surface area contributed by atoms with Crippen LogP contribution in [0.25, 0.3) is 0 Å². The number of halogens is 1. The number of rotatable bonds is 5. The summed E-state index contributed by atoms with van der Waals surface area (Å²) in [5.41, 5.74) is -0.528. The molecule has 1 aliphatic heterocycles. The third kappa shape index (κ3) is 2.83. The fourth-order valence-electron chi connectivity index (χ4n) is 2.90. The molecule has 22 heavy (non-hydrogen) atoms. The summed E-state index contributed by atoms with van der Waals surface area (Å²) in [5, 5.41) is 12.5. The minimum absolute atomic E-state index is 0.0437. The van der Waals surface area contributed by atoms with Crippen LogP contribution in [0.3, 0.4) is 0 Å². The Morgan fingerprint density at radius 1 is 1.64 bits per heavy atom. The normalized spacial score (nSPS) is 20.5. The SMILES string of the molecule is COCC(C)Nc1nc(Cl)c2n(c1=O)[C@H](C(=O)O)CC2(C)C. The molecule has 0 amide bonds. The molecule has 0 fully saturated rings. The number of aliphatic carboxylic acids is 1. The molecule has 0 saturated heterocycles. The second kappa shape index (κ2) is 5.89. The van der Waals surface area contributed by atoms with Crippen LogP contribution in [0.5, 0.6) is 0 Å². The molecule has 7 nitrogen and oxygen atoms in total. The molecule has 1 aromatic heterocycles. The predicted octanol–water partition coefficient (Wildman–Crippen LogP) is 1.65. The first-order valence-electron chi connectivity index (χ1n) is 7.00.